The Bertz CT molecular complexity index is 1090. The lowest BCUT2D eigenvalue weighted by Crippen LogP contribution is -2.19. The monoisotopic (exact) mass is 451 g/mol. The van der Waals surface area contributed by atoms with Gasteiger partial charge in [0.05, 0.1) is 20.0 Å². The van der Waals surface area contributed by atoms with Crippen molar-refractivity contribution in [1.82, 2.24) is 20.2 Å². The first kappa shape index (κ1) is 23.1. The molecule has 1 heterocycles. The van der Waals surface area contributed by atoms with E-state index < -0.39 is 0 Å². The molecule has 3 rings (SSSR count). The van der Waals surface area contributed by atoms with E-state index in [2.05, 4.69) is 20.7 Å². The number of benzene rings is 2. The van der Waals surface area contributed by atoms with Gasteiger partial charge in [-0.3, -0.25) is 4.79 Å². The van der Waals surface area contributed by atoms with Gasteiger partial charge in [0.25, 0.3) is 5.91 Å². The fourth-order valence-electron chi connectivity index (χ4n) is 2.90. The number of rotatable bonds is 10. The molecule has 0 fully saturated rings. The molecule has 0 aliphatic heterocycles. The maximum Gasteiger partial charge on any atom is 0.250 e. The average Bonchev–Trinajstić information content (AvgIpc) is 3.25. The number of amides is 1. The van der Waals surface area contributed by atoms with E-state index in [-0.39, 0.29) is 11.7 Å². The van der Waals surface area contributed by atoms with Crippen molar-refractivity contribution in [1.29, 1.82) is 0 Å². The van der Waals surface area contributed by atoms with Crippen LogP contribution < -0.4 is 14.9 Å². The van der Waals surface area contributed by atoms with Crippen molar-refractivity contribution >= 4 is 30.0 Å². The van der Waals surface area contributed by atoms with Crippen LogP contribution in [0.4, 0.5) is 0 Å². The predicted molar refractivity (Wildman–Crippen MR) is 127 cm³/mol. The fourth-order valence-corrected chi connectivity index (χ4v) is 3.69. The SMILES string of the molecule is CCn1c(SCC(=O)N/N=C\C=C\c2ccccc2OC)nnc1-c1ccc(OC)cc1. The van der Waals surface area contributed by atoms with Crippen LogP contribution in [0.25, 0.3) is 17.5 Å². The molecule has 0 saturated heterocycles. The number of hydrogen-bond acceptors (Lipinski definition) is 7. The summed E-state index contributed by atoms with van der Waals surface area (Å²) < 4.78 is 12.5. The average molecular weight is 452 g/mol. The molecular weight excluding hydrogens is 426 g/mol. The molecule has 0 aliphatic rings. The number of thioether (sulfide) groups is 1. The second kappa shape index (κ2) is 11.7. The predicted octanol–water partition coefficient (Wildman–Crippen LogP) is 3.89. The number of nitrogens with one attached hydrogen (secondary N) is 1. The zero-order valence-corrected chi connectivity index (χ0v) is 19.0. The molecule has 0 atom stereocenters. The number of para-hydroxylation sites is 1. The lowest BCUT2D eigenvalue weighted by atomic mass is 10.2. The first-order valence-electron chi connectivity index (χ1n) is 9.98. The van der Waals surface area contributed by atoms with E-state index in [1.54, 1.807) is 20.3 Å². The van der Waals surface area contributed by atoms with Crippen LogP contribution in [0.2, 0.25) is 0 Å². The topological polar surface area (TPSA) is 90.6 Å². The third-order valence-corrected chi connectivity index (χ3v) is 5.44. The van der Waals surface area contributed by atoms with Crippen molar-refractivity contribution in [2.24, 2.45) is 5.10 Å². The molecule has 1 N–H and O–H groups in total. The number of nitrogens with zero attached hydrogens (tertiary/aromatic N) is 4. The van der Waals surface area contributed by atoms with Gasteiger partial charge in [-0.1, -0.05) is 30.0 Å². The fraction of sp³-hybridized carbons (Fsp3) is 0.217. The van der Waals surface area contributed by atoms with E-state index in [9.17, 15) is 4.79 Å². The van der Waals surface area contributed by atoms with Crippen LogP contribution in [-0.4, -0.2) is 46.9 Å². The molecule has 0 unspecified atom stereocenters. The van der Waals surface area contributed by atoms with E-state index in [1.807, 2.05) is 66.1 Å². The van der Waals surface area contributed by atoms with Gasteiger partial charge in [0.2, 0.25) is 0 Å². The highest BCUT2D eigenvalue weighted by Crippen LogP contribution is 2.25. The zero-order valence-electron chi connectivity index (χ0n) is 18.2. The van der Waals surface area contributed by atoms with Crippen molar-refractivity contribution in [3.05, 3.63) is 60.2 Å². The maximum absolute atomic E-state index is 12.1. The van der Waals surface area contributed by atoms with E-state index in [4.69, 9.17) is 9.47 Å². The molecule has 0 spiro atoms. The van der Waals surface area contributed by atoms with Gasteiger partial charge >= 0.3 is 0 Å². The van der Waals surface area contributed by atoms with Gasteiger partial charge in [0.15, 0.2) is 11.0 Å². The van der Waals surface area contributed by atoms with Crippen molar-refractivity contribution in [3.8, 4) is 22.9 Å². The first-order valence-corrected chi connectivity index (χ1v) is 11.0. The highest BCUT2D eigenvalue weighted by molar-refractivity contribution is 7.99. The summed E-state index contributed by atoms with van der Waals surface area (Å²) in [5, 5.41) is 13.2. The van der Waals surface area contributed by atoms with Gasteiger partial charge in [-0.25, -0.2) is 5.43 Å². The summed E-state index contributed by atoms with van der Waals surface area (Å²) >= 11 is 1.31. The highest BCUT2D eigenvalue weighted by atomic mass is 32.2. The molecule has 2 aromatic carbocycles. The molecule has 32 heavy (non-hydrogen) atoms. The molecule has 0 saturated carbocycles. The molecule has 0 aliphatic carbocycles. The molecule has 1 aromatic heterocycles. The summed E-state index contributed by atoms with van der Waals surface area (Å²) in [6.45, 7) is 2.70. The summed E-state index contributed by atoms with van der Waals surface area (Å²) in [6.07, 6.45) is 5.11. The minimum atomic E-state index is -0.228. The van der Waals surface area contributed by atoms with E-state index in [1.165, 1.54) is 18.0 Å². The Morgan fingerprint density at radius 1 is 1.12 bits per heavy atom. The van der Waals surface area contributed by atoms with E-state index in [0.717, 1.165) is 28.5 Å². The van der Waals surface area contributed by atoms with Crippen LogP contribution in [0.5, 0.6) is 11.5 Å². The first-order chi connectivity index (χ1) is 15.7. The van der Waals surface area contributed by atoms with Gasteiger partial charge in [-0.05, 0) is 49.4 Å². The number of carbonyl (C=O) groups excluding carboxylic acids is 1. The summed E-state index contributed by atoms with van der Waals surface area (Å²) in [5.41, 5.74) is 4.37. The molecule has 0 bridgehead atoms. The number of aromatic nitrogens is 3. The lowest BCUT2D eigenvalue weighted by Gasteiger charge is -2.07. The third-order valence-electron chi connectivity index (χ3n) is 4.48. The molecule has 3 aromatic rings. The van der Waals surface area contributed by atoms with Crippen LogP contribution in [0.15, 0.2) is 64.9 Å². The van der Waals surface area contributed by atoms with E-state index >= 15 is 0 Å². The number of hydrogen-bond donors (Lipinski definition) is 1. The quantitative estimate of drug-likeness (QED) is 0.286. The number of methoxy groups -OCH3 is 2. The second-order valence-corrected chi connectivity index (χ2v) is 7.42. The Hall–Kier alpha value is -3.59. The van der Waals surface area contributed by atoms with Crippen molar-refractivity contribution < 1.29 is 14.3 Å². The Balaban J connectivity index is 1.54. The van der Waals surface area contributed by atoms with Crippen LogP contribution in [0.3, 0.4) is 0 Å². The van der Waals surface area contributed by atoms with Crippen LogP contribution in [0.1, 0.15) is 12.5 Å². The van der Waals surface area contributed by atoms with Crippen molar-refractivity contribution in [3.63, 3.8) is 0 Å². The Labute approximate surface area is 191 Å². The van der Waals surface area contributed by atoms with Gasteiger partial charge in [0, 0.05) is 23.9 Å². The number of allylic oxidation sites excluding steroid dienone is 1. The molecule has 0 radical (unpaired) electrons. The Kier molecular flexibility index (Phi) is 8.44. The van der Waals surface area contributed by atoms with Gasteiger partial charge in [-0.15, -0.1) is 10.2 Å². The van der Waals surface area contributed by atoms with Gasteiger partial charge in [-0.2, -0.15) is 5.10 Å². The largest absolute Gasteiger partial charge is 0.497 e. The summed E-state index contributed by atoms with van der Waals surface area (Å²) in [4.78, 5) is 12.1. The summed E-state index contributed by atoms with van der Waals surface area (Å²) in [6, 6.07) is 15.3. The molecule has 1 amide bonds. The summed E-state index contributed by atoms with van der Waals surface area (Å²) in [7, 11) is 3.25. The van der Waals surface area contributed by atoms with Gasteiger partial charge in [0.1, 0.15) is 11.5 Å². The number of hydrazone groups is 1. The van der Waals surface area contributed by atoms with Gasteiger partial charge < -0.3 is 14.0 Å². The van der Waals surface area contributed by atoms with E-state index in [0.29, 0.717) is 11.7 Å². The summed E-state index contributed by atoms with van der Waals surface area (Å²) in [5.74, 6) is 2.24. The second-order valence-electron chi connectivity index (χ2n) is 6.48. The van der Waals surface area contributed by atoms with Crippen LogP contribution >= 0.6 is 11.8 Å². The minimum Gasteiger partial charge on any atom is -0.497 e. The number of carbonyl (C=O) groups is 1. The molecular formula is C23H25N5O3S. The lowest BCUT2D eigenvalue weighted by molar-refractivity contribution is -0.118. The van der Waals surface area contributed by atoms with Crippen LogP contribution in [-0.2, 0) is 11.3 Å². The van der Waals surface area contributed by atoms with Crippen LogP contribution in [0, 0.1) is 0 Å². The molecule has 9 heteroatoms. The number of ether oxygens (including phenoxy) is 2. The third kappa shape index (κ3) is 5.98. The smallest absolute Gasteiger partial charge is 0.250 e. The maximum atomic E-state index is 12.1. The minimum absolute atomic E-state index is 0.175. The Morgan fingerprint density at radius 2 is 1.91 bits per heavy atom. The highest BCUT2D eigenvalue weighted by Gasteiger charge is 2.14. The van der Waals surface area contributed by atoms with Crippen molar-refractivity contribution in [2.75, 3.05) is 20.0 Å². The normalized spacial score (nSPS) is 11.2. The van der Waals surface area contributed by atoms with Crippen molar-refractivity contribution in [2.45, 2.75) is 18.6 Å². The molecule has 8 nitrogen and oxygen atoms in total. The Morgan fingerprint density at radius 3 is 2.62 bits per heavy atom. The molecule has 166 valence electrons. The zero-order chi connectivity index (χ0) is 22.8. The standard InChI is InChI=1S/C23H25N5O3S/c1-4-28-22(18-11-13-19(30-2)14-12-18)26-27-23(28)32-16-21(29)25-24-15-7-9-17-8-5-6-10-20(17)31-3/h5-15H,4,16H2,1-3H3,(H,25,29)/b9-7+,24-15-.